The average Bonchev–Trinajstić information content (AvgIpc) is 1.73. The lowest BCUT2D eigenvalue weighted by Gasteiger charge is -2.54. The zero-order valence-electron chi connectivity index (χ0n) is 66.3. The van der Waals surface area contributed by atoms with Gasteiger partial charge in [-0.2, -0.15) is 13.2 Å². The maximum atomic E-state index is 15.8. The van der Waals surface area contributed by atoms with Gasteiger partial charge in [-0.25, -0.2) is 8.78 Å². The summed E-state index contributed by atoms with van der Waals surface area (Å²) in [5.74, 6) is -15.6. The monoisotopic (exact) mass is 1520 g/mol. The molecule has 2 bridgehead atoms. The van der Waals surface area contributed by atoms with Gasteiger partial charge in [-0.1, -0.05) is 86.3 Å². The van der Waals surface area contributed by atoms with Crippen LogP contribution in [-0.2, 0) is 67.0 Å². The van der Waals surface area contributed by atoms with E-state index in [9.17, 15) is 50.7 Å². The summed E-state index contributed by atoms with van der Waals surface area (Å²) in [6.45, 7) is 13.0. The first kappa shape index (κ1) is 88.8. The van der Waals surface area contributed by atoms with E-state index in [1.54, 1.807) is 39.8 Å². The van der Waals surface area contributed by atoms with E-state index in [1.807, 2.05) is 27.7 Å². The minimum Gasteiger partial charge on any atom is -0.381 e. The molecule has 0 radical (unpaired) electrons. The van der Waals surface area contributed by atoms with Gasteiger partial charge in [-0.15, -0.1) is 0 Å². The number of fused-ring (bicyclic) bond motifs is 3. The first-order chi connectivity index (χ1) is 50.1. The third-order valence-corrected chi connectivity index (χ3v) is 23.7. The molecule has 6 aliphatic rings. The highest BCUT2D eigenvalue weighted by Gasteiger charge is 2.59. The van der Waals surface area contributed by atoms with Crippen LogP contribution in [0.3, 0.4) is 0 Å². The van der Waals surface area contributed by atoms with Crippen molar-refractivity contribution in [3.8, 4) is 0 Å². The van der Waals surface area contributed by atoms with Gasteiger partial charge in [0.25, 0.3) is 0 Å². The lowest BCUT2D eigenvalue weighted by molar-refractivity contribution is -0.215. The van der Waals surface area contributed by atoms with Gasteiger partial charge in [0.05, 0.1) is 37.6 Å². The Labute approximate surface area is 629 Å². The van der Waals surface area contributed by atoms with Crippen LogP contribution in [0.5, 0.6) is 0 Å². The number of carbonyl (C=O) groups excluding carboxylic acids is 12. The van der Waals surface area contributed by atoms with Gasteiger partial charge in [0.15, 0.2) is 0 Å². The number of alkyl halides is 5. The van der Waals surface area contributed by atoms with E-state index in [1.165, 1.54) is 88.0 Å². The summed E-state index contributed by atoms with van der Waals surface area (Å²) in [5.41, 5.74) is -2.27. The van der Waals surface area contributed by atoms with Crippen molar-refractivity contribution >= 4 is 70.9 Å². The quantitative estimate of drug-likeness (QED) is 0.115. The van der Waals surface area contributed by atoms with Crippen molar-refractivity contribution in [1.82, 2.24) is 60.0 Å². The molecule has 3 aliphatic carbocycles. The van der Waals surface area contributed by atoms with Crippen LogP contribution in [0.4, 0.5) is 22.0 Å². The molecule has 3 aliphatic heterocycles. The van der Waals surface area contributed by atoms with E-state index >= 15 is 28.8 Å². The number of hydrogen-bond acceptors (Lipinski definition) is 14. The van der Waals surface area contributed by atoms with E-state index in [0.29, 0.717) is 25.7 Å². The summed E-state index contributed by atoms with van der Waals surface area (Å²) in [5, 5.41) is 8.70. The second-order valence-corrected chi connectivity index (χ2v) is 32.2. The zero-order chi connectivity index (χ0) is 80.1. The van der Waals surface area contributed by atoms with Crippen molar-refractivity contribution in [3.63, 3.8) is 0 Å². The molecule has 3 unspecified atom stereocenters. The number of halogens is 5. The van der Waals surface area contributed by atoms with Crippen molar-refractivity contribution in [3.05, 3.63) is 12.2 Å². The Balaban J connectivity index is 1.50. The van der Waals surface area contributed by atoms with Gasteiger partial charge >= 0.3 is 6.18 Å². The average molecular weight is 1520 g/mol. The minimum absolute atomic E-state index is 0.00664. The van der Waals surface area contributed by atoms with Gasteiger partial charge in [0, 0.05) is 102 Å². The Kier molecular flexibility index (Phi) is 31.6. The number of nitrogens with zero attached hydrogens (tertiary/aromatic N) is 9. The molecule has 3 N–H and O–H groups in total. The minimum atomic E-state index is -4.56. The molecular formula is C76H123F5N12O14. The lowest BCUT2D eigenvalue weighted by Crippen LogP contribution is -2.71. The van der Waals surface area contributed by atoms with Gasteiger partial charge in [0.2, 0.25) is 76.8 Å². The van der Waals surface area contributed by atoms with Gasteiger partial charge in [0.1, 0.15) is 53.9 Å². The maximum Gasteiger partial charge on any atom is 0.394 e. The topological polar surface area (TPSA) is 289 Å². The fourth-order valence-electron chi connectivity index (χ4n) is 17.1. The normalized spacial score (nSPS) is 30.2. The Bertz CT molecular complexity index is 3170. The summed E-state index contributed by atoms with van der Waals surface area (Å²) in [6.07, 6.45) is -3.38. The number of nitrogens with one attached hydrogen (secondary N) is 3. The highest BCUT2D eigenvalue weighted by molar-refractivity contribution is 6.01. The number of ether oxygens (including phenoxy) is 2. The fourth-order valence-corrected chi connectivity index (χ4v) is 17.1. The molecule has 6 rings (SSSR count). The number of carbonyl (C=O) groups is 12. The van der Waals surface area contributed by atoms with Crippen LogP contribution in [0.15, 0.2) is 12.2 Å². The van der Waals surface area contributed by atoms with E-state index < -0.39 is 216 Å². The number of methoxy groups -OCH3 is 1. The number of amides is 12. The number of rotatable bonds is 16. The second kappa shape index (κ2) is 38.1. The predicted molar refractivity (Wildman–Crippen MR) is 389 cm³/mol. The summed E-state index contributed by atoms with van der Waals surface area (Å²) < 4.78 is 84.1. The van der Waals surface area contributed by atoms with E-state index in [-0.39, 0.29) is 110 Å². The molecule has 26 nitrogen and oxygen atoms in total. The van der Waals surface area contributed by atoms with E-state index in [4.69, 9.17) is 9.47 Å². The van der Waals surface area contributed by atoms with Gasteiger partial charge in [-0.05, 0) is 119 Å². The van der Waals surface area contributed by atoms with Crippen LogP contribution < -0.4 is 16.0 Å². The molecule has 13 atom stereocenters. The van der Waals surface area contributed by atoms with Crippen molar-refractivity contribution in [2.24, 2.45) is 35.0 Å². The van der Waals surface area contributed by atoms with Crippen LogP contribution in [0.2, 0.25) is 0 Å². The first-order valence-corrected chi connectivity index (χ1v) is 38.6. The van der Waals surface area contributed by atoms with Gasteiger partial charge < -0.3 is 69.5 Å². The third kappa shape index (κ3) is 21.9. The molecule has 3 heterocycles. The maximum absolute atomic E-state index is 15.8. The molecule has 0 aromatic carbocycles. The van der Waals surface area contributed by atoms with Crippen molar-refractivity contribution in [1.29, 1.82) is 0 Å². The Morgan fingerprint density at radius 1 is 0.673 bits per heavy atom. The fraction of sp³-hybridized carbons (Fsp3) is 0.816. The summed E-state index contributed by atoms with van der Waals surface area (Å²) in [4.78, 5) is 192. The summed E-state index contributed by atoms with van der Waals surface area (Å²) in [6, 6.07) is -10.8. The number of hydrogen-bond donors (Lipinski definition) is 3. The second-order valence-electron chi connectivity index (χ2n) is 32.2. The molecule has 606 valence electrons. The zero-order valence-corrected chi connectivity index (χ0v) is 66.3. The highest BCUT2D eigenvalue weighted by atomic mass is 19.4. The lowest BCUT2D eigenvalue weighted by atomic mass is 9.58. The van der Waals surface area contributed by atoms with Crippen LogP contribution in [0.25, 0.3) is 0 Å². The molecule has 3 saturated carbocycles. The summed E-state index contributed by atoms with van der Waals surface area (Å²) >= 11 is 0. The summed E-state index contributed by atoms with van der Waals surface area (Å²) in [7, 11) is 12.3. The van der Waals surface area contributed by atoms with Crippen molar-refractivity contribution < 1.29 is 89.0 Å². The van der Waals surface area contributed by atoms with Crippen LogP contribution in [0.1, 0.15) is 190 Å². The Hall–Kier alpha value is -7.05. The Morgan fingerprint density at radius 3 is 1.88 bits per heavy atom. The molecule has 2 saturated heterocycles. The standard InChI is InChI=1S/C76H123F5N12O14/c1-18-26-53-64(97)83-62(46(6)19-2)70(103)87(12)43-61(96)89(14)54-27-24-23-25-36-92(69(54)102)57(37-48-32-34-75(77,78)35-33-48)68(101)86(11)42-59(94)82-52(31-29-47-28-30-51(76(79,80)81)58(38-47)106-17)66(99)93-41-50(107-22-5)39-55(93)65(98)84-74(44-73(7,8)45-74)72(105)91(16)63(49(20-3)21-4)71(104)90(15)56(67(100)85(9)10)40-60(95)88(53)13/h23-24,46-58,62-63H,18-22,25-45H2,1-17H3,(H,82,94)(H,83,97)(H,84,98)/b24-23-/t46-,47?,50+,51?,52-,53-,54-,55-,56-,57-,58?,62-,63-/m0/s1. The Morgan fingerprint density at radius 2 is 1.31 bits per heavy atom. The number of likely N-dealkylation sites (N-methyl/N-ethyl adjacent to an activating group) is 7. The SMILES string of the molecule is CCC[C@H]1C(=O)N[C@@H]([C@@H](C)CC)C(=O)N(C)CC(=O)N(C)[C@H]2C/C=C\CCN(C2=O)[C@@H](CC2CCC(F)(F)CC2)C(=O)N(C)CC(=O)N[C@@H](CCC2CCC(C(F)(F)F)C(OC)C2)C(=O)N2C[C@H](OCC)C[C@H]2C(=O)NC2(CC(C)(C)C2)C(=O)N(C)[C@@H](C(CC)CC)C(=O)N(C)[C@H](C(=O)N(C)C)CC(=O)N1C. The molecule has 1 spiro atoms. The highest BCUT2D eigenvalue weighted by Crippen LogP contribution is 2.50. The molecular weight excluding hydrogens is 1400 g/mol. The van der Waals surface area contributed by atoms with Gasteiger partial charge in [-0.3, -0.25) is 57.5 Å². The molecule has 31 heteroatoms. The third-order valence-electron chi connectivity index (χ3n) is 23.7. The van der Waals surface area contributed by atoms with Crippen molar-refractivity contribution in [2.75, 3.05) is 96.3 Å². The molecule has 0 aromatic heterocycles. The predicted octanol–water partition coefficient (Wildman–Crippen LogP) is 6.17. The van der Waals surface area contributed by atoms with Crippen LogP contribution in [-0.4, -0.2) is 289 Å². The van der Waals surface area contributed by atoms with Crippen LogP contribution >= 0.6 is 0 Å². The largest absolute Gasteiger partial charge is 0.394 e. The molecule has 12 amide bonds. The van der Waals surface area contributed by atoms with Crippen LogP contribution in [0, 0.1) is 35.0 Å². The van der Waals surface area contributed by atoms with Crippen molar-refractivity contribution in [2.45, 2.75) is 268 Å². The molecule has 107 heavy (non-hydrogen) atoms. The molecule has 0 aromatic rings. The first-order valence-electron chi connectivity index (χ1n) is 38.6. The van der Waals surface area contributed by atoms with E-state index in [2.05, 4.69) is 16.0 Å². The smallest absolute Gasteiger partial charge is 0.381 e. The van der Waals surface area contributed by atoms with E-state index in [0.717, 1.165) is 19.6 Å². The molecule has 5 fully saturated rings.